The minimum absolute atomic E-state index is 0.00355. The first-order chi connectivity index (χ1) is 8.99. The number of methoxy groups -OCH3 is 2. The van der Waals surface area contributed by atoms with Crippen LogP contribution in [0.2, 0.25) is 0 Å². The van der Waals surface area contributed by atoms with E-state index in [0.717, 1.165) is 0 Å². The van der Waals surface area contributed by atoms with E-state index in [-0.39, 0.29) is 19.3 Å². The molecule has 7 heteroatoms. The van der Waals surface area contributed by atoms with Crippen LogP contribution in [-0.2, 0) is 33.3 Å². The van der Waals surface area contributed by atoms with Gasteiger partial charge in [-0.2, -0.15) is 0 Å². The smallest absolute Gasteiger partial charge is 0.303 e. The predicted octanol–water partition coefficient (Wildman–Crippen LogP) is -0.0900. The minimum atomic E-state index is -0.680. The number of hydrogen-bond donors (Lipinski definition) is 0. The van der Waals surface area contributed by atoms with Crippen molar-refractivity contribution in [2.75, 3.05) is 27.4 Å². The van der Waals surface area contributed by atoms with Gasteiger partial charge in [0.15, 0.2) is 6.10 Å². The number of carbonyl (C=O) groups excluding carboxylic acids is 2. The van der Waals surface area contributed by atoms with Crippen molar-refractivity contribution in [3.8, 4) is 0 Å². The van der Waals surface area contributed by atoms with Crippen LogP contribution in [0.1, 0.15) is 13.8 Å². The standard InChI is InChI=1S/C12H20O7/c1-7(13)17-6-10-12(19-8(2)14)11(16-4)9(15-3)5-18-10/h9-12H,5-6H2,1-4H3/t9-,10+,11+,12-/m0/s1. The molecular formula is C12H20O7. The monoisotopic (exact) mass is 276 g/mol. The Balaban J connectivity index is 2.77. The lowest BCUT2D eigenvalue weighted by atomic mass is 10.00. The second-order valence-corrected chi connectivity index (χ2v) is 4.22. The lowest BCUT2D eigenvalue weighted by Crippen LogP contribution is -2.57. The van der Waals surface area contributed by atoms with Crippen molar-refractivity contribution in [2.24, 2.45) is 0 Å². The Morgan fingerprint density at radius 1 is 1.11 bits per heavy atom. The lowest BCUT2D eigenvalue weighted by Gasteiger charge is -2.40. The first-order valence-corrected chi connectivity index (χ1v) is 5.97. The molecule has 1 fully saturated rings. The average Bonchev–Trinajstić information content (AvgIpc) is 2.35. The van der Waals surface area contributed by atoms with Crippen molar-refractivity contribution in [3.05, 3.63) is 0 Å². The molecule has 7 nitrogen and oxygen atoms in total. The van der Waals surface area contributed by atoms with Gasteiger partial charge in [-0.3, -0.25) is 9.59 Å². The summed E-state index contributed by atoms with van der Waals surface area (Å²) in [6, 6.07) is 0. The van der Waals surface area contributed by atoms with Crippen molar-refractivity contribution in [3.63, 3.8) is 0 Å². The molecule has 19 heavy (non-hydrogen) atoms. The first-order valence-electron chi connectivity index (χ1n) is 5.97. The van der Waals surface area contributed by atoms with Gasteiger partial charge in [-0.1, -0.05) is 0 Å². The van der Waals surface area contributed by atoms with Gasteiger partial charge in [0, 0.05) is 28.1 Å². The van der Waals surface area contributed by atoms with Gasteiger partial charge in [0.2, 0.25) is 0 Å². The maximum absolute atomic E-state index is 11.2. The van der Waals surface area contributed by atoms with E-state index < -0.39 is 30.3 Å². The molecule has 1 aliphatic heterocycles. The summed E-state index contributed by atoms with van der Waals surface area (Å²) in [7, 11) is 3.03. The molecule has 1 aliphatic rings. The molecule has 0 radical (unpaired) electrons. The first kappa shape index (κ1) is 15.9. The highest BCUT2D eigenvalue weighted by Crippen LogP contribution is 2.23. The highest BCUT2D eigenvalue weighted by molar-refractivity contribution is 5.66. The molecule has 110 valence electrons. The fourth-order valence-corrected chi connectivity index (χ4v) is 2.00. The summed E-state index contributed by atoms with van der Waals surface area (Å²) in [6.45, 7) is 2.88. The number of carbonyl (C=O) groups is 2. The maximum Gasteiger partial charge on any atom is 0.303 e. The number of rotatable bonds is 5. The van der Waals surface area contributed by atoms with E-state index in [1.165, 1.54) is 28.1 Å². The van der Waals surface area contributed by atoms with Crippen molar-refractivity contribution < 1.29 is 33.3 Å². The molecule has 0 spiro atoms. The molecule has 0 aromatic rings. The van der Waals surface area contributed by atoms with Crippen LogP contribution in [-0.4, -0.2) is 63.8 Å². The van der Waals surface area contributed by atoms with Crippen LogP contribution < -0.4 is 0 Å². The molecule has 1 rings (SSSR count). The average molecular weight is 276 g/mol. The van der Waals surface area contributed by atoms with E-state index in [9.17, 15) is 9.59 Å². The van der Waals surface area contributed by atoms with E-state index in [4.69, 9.17) is 23.7 Å². The largest absolute Gasteiger partial charge is 0.463 e. The van der Waals surface area contributed by atoms with Crippen LogP contribution in [0.4, 0.5) is 0 Å². The molecule has 0 unspecified atom stereocenters. The summed E-state index contributed by atoms with van der Waals surface area (Å²) in [5.41, 5.74) is 0. The van der Waals surface area contributed by atoms with Gasteiger partial charge in [-0.25, -0.2) is 0 Å². The van der Waals surface area contributed by atoms with Gasteiger partial charge in [0.25, 0.3) is 0 Å². The lowest BCUT2D eigenvalue weighted by molar-refractivity contribution is -0.225. The zero-order valence-corrected chi connectivity index (χ0v) is 11.6. The molecule has 1 saturated heterocycles. The zero-order valence-electron chi connectivity index (χ0n) is 11.6. The molecule has 0 aliphatic carbocycles. The third kappa shape index (κ3) is 4.45. The number of esters is 2. The third-order valence-electron chi connectivity index (χ3n) is 2.86. The highest BCUT2D eigenvalue weighted by Gasteiger charge is 2.43. The molecule has 0 N–H and O–H groups in total. The molecule has 0 aromatic heterocycles. The topological polar surface area (TPSA) is 80.3 Å². The summed E-state index contributed by atoms with van der Waals surface area (Å²) in [6.07, 6.45) is -2.06. The van der Waals surface area contributed by atoms with Gasteiger partial charge < -0.3 is 23.7 Å². The van der Waals surface area contributed by atoms with E-state index in [0.29, 0.717) is 0 Å². The Kier molecular flexibility index (Phi) is 6.20. The molecule has 0 aromatic carbocycles. The van der Waals surface area contributed by atoms with Gasteiger partial charge in [0.1, 0.15) is 24.9 Å². The van der Waals surface area contributed by atoms with Crippen LogP contribution in [0, 0.1) is 0 Å². The molecule has 4 atom stereocenters. The fraction of sp³-hybridized carbons (Fsp3) is 0.833. The van der Waals surface area contributed by atoms with E-state index >= 15 is 0 Å². The van der Waals surface area contributed by atoms with Crippen molar-refractivity contribution >= 4 is 11.9 Å². The van der Waals surface area contributed by atoms with E-state index in [1.54, 1.807) is 0 Å². The SMILES string of the molecule is CO[C@H]1[C@@H](OC(C)=O)[C@@H](COC(C)=O)OC[C@@H]1OC. The molecule has 0 saturated carbocycles. The van der Waals surface area contributed by atoms with Crippen LogP contribution in [0.5, 0.6) is 0 Å². The van der Waals surface area contributed by atoms with Crippen molar-refractivity contribution in [2.45, 2.75) is 38.3 Å². The highest BCUT2D eigenvalue weighted by atomic mass is 16.6. The van der Waals surface area contributed by atoms with Crippen LogP contribution in [0.15, 0.2) is 0 Å². The molecular weight excluding hydrogens is 256 g/mol. The normalized spacial score (nSPS) is 30.7. The van der Waals surface area contributed by atoms with Gasteiger partial charge in [-0.15, -0.1) is 0 Å². The van der Waals surface area contributed by atoms with Crippen LogP contribution in [0.3, 0.4) is 0 Å². The Labute approximate surface area is 112 Å². The Morgan fingerprint density at radius 3 is 2.26 bits per heavy atom. The second-order valence-electron chi connectivity index (χ2n) is 4.22. The summed E-state index contributed by atoms with van der Waals surface area (Å²) in [4.78, 5) is 22.0. The predicted molar refractivity (Wildman–Crippen MR) is 63.5 cm³/mol. The van der Waals surface area contributed by atoms with Crippen molar-refractivity contribution in [1.82, 2.24) is 0 Å². The minimum Gasteiger partial charge on any atom is -0.463 e. The number of hydrogen-bond acceptors (Lipinski definition) is 7. The zero-order chi connectivity index (χ0) is 14.4. The third-order valence-corrected chi connectivity index (χ3v) is 2.86. The Morgan fingerprint density at radius 2 is 1.79 bits per heavy atom. The van der Waals surface area contributed by atoms with E-state index in [2.05, 4.69) is 0 Å². The quantitative estimate of drug-likeness (QED) is 0.649. The van der Waals surface area contributed by atoms with E-state index in [1.807, 2.05) is 0 Å². The Hall–Kier alpha value is -1.18. The fourth-order valence-electron chi connectivity index (χ4n) is 2.00. The summed E-state index contributed by atoms with van der Waals surface area (Å²) >= 11 is 0. The Bertz CT molecular complexity index is 317. The second kappa shape index (κ2) is 7.42. The van der Waals surface area contributed by atoms with Gasteiger partial charge >= 0.3 is 11.9 Å². The van der Waals surface area contributed by atoms with Crippen LogP contribution >= 0.6 is 0 Å². The molecule has 1 heterocycles. The van der Waals surface area contributed by atoms with Gasteiger partial charge in [-0.05, 0) is 0 Å². The summed E-state index contributed by atoms with van der Waals surface area (Å²) < 4.78 is 26.2. The van der Waals surface area contributed by atoms with Crippen LogP contribution in [0.25, 0.3) is 0 Å². The summed E-state index contributed by atoms with van der Waals surface area (Å²) in [5, 5.41) is 0. The maximum atomic E-state index is 11.2. The molecule has 0 bridgehead atoms. The molecule has 0 amide bonds. The van der Waals surface area contributed by atoms with Gasteiger partial charge in [0.05, 0.1) is 6.61 Å². The van der Waals surface area contributed by atoms with Crippen molar-refractivity contribution in [1.29, 1.82) is 0 Å². The number of ether oxygens (including phenoxy) is 5. The summed E-state index contributed by atoms with van der Waals surface area (Å²) in [5.74, 6) is -0.881.